The number of carbonyl (C=O) groups is 1. The Labute approximate surface area is 61.6 Å². The van der Waals surface area contributed by atoms with Crippen LogP contribution in [-0.4, -0.2) is 42.5 Å². The summed E-state index contributed by atoms with van der Waals surface area (Å²) in [4.78, 5) is 12.0. The van der Waals surface area contributed by atoms with Gasteiger partial charge in [-0.15, -0.1) is 0 Å². The smallest absolute Gasteiger partial charge is 0.133 e. The maximum absolute atomic E-state index is 10.0. The maximum Gasteiger partial charge on any atom is 0.133 e. The Kier molecular flexibility index (Phi) is 6.43. The van der Waals surface area contributed by atoms with Crippen LogP contribution in [0.3, 0.4) is 0 Å². The number of hydrogen-bond donors (Lipinski definition) is 1. The van der Waals surface area contributed by atoms with E-state index in [0.29, 0.717) is 13.1 Å². The molecule has 10 heavy (non-hydrogen) atoms. The van der Waals surface area contributed by atoms with Gasteiger partial charge in [-0.2, -0.15) is 0 Å². The van der Waals surface area contributed by atoms with Crippen molar-refractivity contribution in [2.45, 2.75) is 13.3 Å². The van der Waals surface area contributed by atoms with Crippen LogP contribution in [0.1, 0.15) is 13.3 Å². The van der Waals surface area contributed by atoms with E-state index in [1.165, 1.54) is 0 Å². The predicted octanol–water partition coefficient (Wildman–Crippen LogP) is -0.110. The monoisotopic (exact) mass is 145 g/mol. The molecule has 0 unspecified atom stereocenters. The second-order valence-electron chi connectivity index (χ2n) is 2.19. The SMILES string of the molecule is CCCN(CC=O)CCO. The van der Waals surface area contributed by atoms with E-state index in [2.05, 4.69) is 6.92 Å². The number of rotatable bonds is 6. The molecule has 0 aliphatic carbocycles. The normalized spacial score (nSPS) is 10.3. The van der Waals surface area contributed by atoms with Crippen molar-refractivity contribution in [2.24, 2.45) is 0 Å². The predicted molar refractivity (Wildman–Crippen MR) is 39.9 cm³/mol. The van der Waals surface area contributed by atoms with Crippen molar-refractivity contribution in [3.05, 3.63) is 0 Å². The van der Waals surface area contributed by atoms with Crippen molar-refractivity contribution in [2.75, 3.05) is 26.2 Å². The zero-order valence-corrected chi connectivity index (χ0v) is 6.42. The average Bonchev–Trinajstić information content (AvgIpc) is 1.90. The highest BCUT2D eigenvalue weighted by Crippen LogP contribution is 1.87. The van der Waals surface area contributed by atoms with Crippen molar-refractivity contribution < 1.29 is 9.90 Å². The molecule has 0 radical (unpaired) electrons. The lowest BCUT2D eigenvalue weighted by atomic mass is 10.4. The average molecular weight is 145 g/mol. The number of nitrogens with zero attached hydrogens (tertiary/aromatic N) is 1. The molecule has 60 valence electrons. The molecule has 0 saturated heterocycles. The summed E-state index contributed by atoms with van der Waals surface area (Å²) < 4.78 is 0. The van der Waals surface area contributed by atoms with Gasteiger partial charge < -0.3 is 9.90 Å². The molecule has 3 heteroatoms. The highest BCUT2D eigenvalue weighted by molar-refractivity contribution is 5.51. The Morgan fingerprint density at radius 2 is 2.20 bits per heavy atom. The molecule has 3 nitrogen and oxygen atoms in total. The molecule has 0 amide bonds. The molecule has 0 atom stereocenters. The van der Waals surface area contributed by atoms with Crippen LogP contribution < -0.4 is 0 Å². The lowest BCUT2D eigenvalue weighted by molar-refractivity contribution is -0.108. The fourth-order valence-corrected chi connectivity index (χ4v) is 0.857. The standard InChI is InChI=1S/C7H15NO2/c1-2-3-8(4-6-9)5-7-10/h6,10H,2-5,7H2,1H3. The Morgan fingerprint density at radius 1 is 1.50 bits per heavy atom. The molecule has 1 N–H and O–H groups in total. The van der Waals surface area contributed by atoms with E-state index in [1.807, 2.05) is 4.90 Å². The summed E-state index contributed by atoms with van der Waals surface area (Å²) in [6, 6.07) is 0. The summed E-state index contributed by atoms with van der Waals surface area (Å²) in [7, 11) is 0. The molecule has 0 fully saturated rings. The van der Waals surface area contributed by atoms with Gasteiger partial charge in [-0.25, -0.2) is 0 Å². The van der Waals surface area contributed by atoms with Crippen molar-refractivity contribution in [3.8, 4) is 0 Å². The van der Waals surface area contributed by atoms with Gasteiger partial charge in [0, 0.05) is 6.54 Å². The van der Waals surface area contributed by atoms with Gasteiger partial charge in [-0.3, -0.25) is 4.90 Å². The molecule has 0 aromatic carbocycles. The van der Waals surface area contributed by atoms with Gasteiger partial charge in [-0.05, 0) is 13.0 Å². The first-order chi connectivity index (χ1) is 4.85. The molecule has 0 bridgehead atoms. The molecule has 0 aliphatic heterocycles. The van der Waals surface area contributed by atoms with Gasteiger partial charge in [0.15, 0.2) is 0 Å². The highest BCUT2D eigenvalue weighted by atomic mass is 16.3. The zero-order valence-electron chi connectivity index (χ0n) is 6.42. The van der Waals surface area contributed by atoms with Crippen LogP contribution >= 0.6 is 0 Å². The van der Waals surface area contributed by atoms with E-state index in [-0.39, 0.29) is 6.61 Å². The number of hydrogen-bond acceptors (Lipinski definition) is 3. The maximum atomic E-state index is 10.0. The Bertz CT molecular complexity index is 79.7. The van der Waals surface area contributed by atoms with E-state index in [0.717, 1.165) is 19.3 Å². The van der Waals surface area contributed by atoms with Gasteiger partial charge in [0.05, 0.1) is 13.2 Å². The van der Waals surface area contributed by atoms with Crippen LogP contribution in [0.15, 0.2) is 0 Å². The minimum absolute atomic E-state index is 0.133. The molecule has 0 saturated carbocycles. The Hall–Kier alpha value is -0.410. The van der Waals surface area contributed by atoms with Gasteiger partial charge in [0.2, 0.25) is 0 Å². The third-order valence-electron chi connectivity index (χ3n) is 1.29. The highest BCUT2D eigenvalue weighted by Gasteiger charge is 1.99. The van der Waals surface area contributed by atoms with Crippen LogP contribution in [0.2, 0.25) is 0 Å². The first-order valence-electron chi connectivity index (χ1n) is 3.62. The summed E-state index contributed by atoms with van der Waals surface area (Å²) >= 11 is 0. The van der Waals surface area contributed by atoms with Crippen molar-refractivity contribution in [3.63, 3.8) is 0 Å². The fourth-order valence-electron chi connectivity index (χ4n) is 0.857. The van der Waals surface area contributed by atoms with E-state index in [9.17, 15) is 4.79 Å². The second kappa shape index (κ2) is 6.71. The van der Waals surface area contributed by atoms with E-state index >= 15 is 0 Å². The summed E-state index contributed by atoms with van der Waals surface area (Å²) in [5.74, 6) is 0. The van der Waals surface area contributed by atoms with Crippen LogP contribution in [0.4, 0.5) is 0 Å². The Morgan fingerprint density at radius 3 is 2.60 bits per heavy atom. The molecule has 0 heterocycles. The molecule has 0 aliphatic rings. The topological polar surface area (TPSA) is 40.5 Å². The minimum atomic E-state index is 0.133. The van der Waals surface area contributed by atoms with Crippen molar-refractivity contribution in [1.29, 1.82) is 0 Å². The van der Waals surface area contributed by atoms with E-state index < -0.39 is 0 Å². The number of aliphatic hydroxyl groups excluding tert-OH is 1. The van der Waals surface area contributed by atoms with E-state index in [1.54, 1.807) is 0 Å². The number of carbonyl (C=O) groups excluding carboxylic acids is 1. The summed E-state index contributed by atoms with van der Waals surface area (Å²) in [5.41, 5.74) is 0. The molecule has 0 rings (SSSR count). The van der Waals surface area contributed by atoms with E-state index in [4.69, 9.17) is 5.11 Å². The third-order valence-corrected chi connectivity index (χ3v) is 1.29. The van der Waals surface area contributed by atoms with Crippen molar-refractivity contribution >= 4 is 6.29 Å². The van der Waals surface area contributed by atoms with Crippen LogP contribution in [0.25, 0.3) is 0 Å². The molecule has 0 aromatic rings. The lowest BCUT2D eigenvalue weighted by Gasteiger charge is -2.16. The van der Waals surface area contributed by atoms with Gasteiger partial charge >= 0.3 is 0 Å². The number of aldehydes is 1. The minimum Gasteiger partial charge on any atom is -0.395 e. The number of aliphatic hydroxyl groups is 1. The van der Waals surface area contributed by atoms with Crippen molar-refractivity contribution in [1.82, 2.24) is 4.90 Å². The molecule has 0 aromatic heterocycles. The zero-order chi connectivity index (χ0) is 7.82. The first kappa shape index (κ1) is 9.59. The van der Waals surface area contributed by atoms with Crippen LogP contribution in [0.5, 0.6) is 0 Å². The molecular formula is C7H15NO2. The molecular weight excluding hydrogens is 130 g/mol. The summed E-state index contributed by atoms with van der Waals surface area (Å²) in [6.07, 6.45) is 1.89. The van der Waals surface area contributed by atoms with Crippen LogP contribution in [-0.2, 0) is 4.79 Å². The second-order valence-corrected chi connectivity index (χ2v) is 2.19. The molecule has 0 spiro atoms. The fraction of sp³-hybridized carbons (Fsp3) is 0.857. The van der Waals surface area contributed by atoms with Crippen LogP contribution in [0, 0.1) is 0 Å². The largest absolute Gasteiger partial charge is 0.395 e. The van der Waals surface area contributed by atoms with Gasteiger partial charge in [0.1, 0.15) is 6.29 Å². The summed E-state index contributed by atoms with van der Waals surface area (Å²) in [5, 5.41) is 8.53. The quantitative estimate of drug-likeness (QED) is 0.530. The van der Waals surface area contributed by atoms with Gasteiger partial charge in [-0.1, -0.05) is 6.92 Å². The van der Waals surface area contributed by atoms with Gasteiger partial charge in [0.25, 0.3) is 0 Å². The Balaban J connectivity index is 3.38. The third kappa shape index (κ3) is 4.47. The summed E-state index contributed by atoms with van der Waals surface area (Å²) in [6.45, 7) is 4.11. The lowest BCUT2D eigenvalue weighted by Crippen LogP contribution is -2.29. The first-order valence-corrected chi connectivity index (χ1v) is 3.62.